The predicted molar refractivity (Wildman–Crippen MR) is 141 cm³/mol. The number of benzene rings is 3. The molecule has 1 heterocycles. The monoisotopic (exact) mass is 546 g/mol. The van der Waals surface area contributed by atoms with E-state index in [4.69, 9.17) is 44.6 Å². The molecule has 0 unspecified atom stereocenters. The molecule has 3 aromatic carbocycles. The lowest BCUT2D eigenvalue weighted by Crippen LogP contribution is -2.23. The van der Waals surface area contributed by atoms with E-state index in [0.29, 0.717) is 42.1 Å². The summed E-state index contributed by atoms with van der Waals surface area (Å²) < 4.78 is 5.98. The molecule has 35 heavy (non-hydrogen) atoms. The van der Waals surface area contributed by atoms with Gasteiger partial charge in [0.1, 0.15) is 12.4 Å². The molecule has 0 spiro atoms. The number of thioether (sulfide) groups is 1. The van der Waals surface area contributed by atoms with E-state index >= 15 is 0 Å². The van der Waals surface area contributed by atoms with Crippen LogP contribution in [0.2, 0.25) is 15.1 Å². The van der Waals surface area contributed by atoms with Gasteiger partial charge in [0, 0.05) is 33.2 Å². The van der Waals surface area contributed by atoms with Crippen molar-refractivity contribution >= 4 is 75.4 Å². The summed E-state index contributed by atoms with van der Waals surface area (Å²) in [5, 5.41) is 11.0. The summed E-state index contributed by atoms with van der Waals surface area (Å²) in [6, 6.07) is 16.4. The van der Waals surface area contributed by atoms with Crippen LogP contribution in [-0.2, 0) is 11.4 Å². The molecule has 1 aliphatic rings. The highest BCUT2D eigenvalue weighted by molar-refractivity contribution is 8.18. The van der Waals surface area contributed by atoms with Crippen LogP contribution in [0, 0.1) is 0 Å². The van der Waals surface area contributed by atoms with Crippen LogP contribution in [0.15, 0.2) is 70.6 Å². The summed E-state index contributed by atoms with van der Waals surface area (Å²) in [5.41, 5.74) is 2.08. The minimum absolute atomic E-state index is 0.159. The Labute approximate surface area is 220 Å². The van der Waals surface area contributed by atoms with Gasteiger partial charge in [0.25, 0.3) is 5.91 Å². The van der Waals surface area contributed by atoms with Crippen LogP contribution < -0.4 is 4.74 Å². The van der Waals surface area contributed by atoms with Crippen LogP contribution in [0.1, 0.15) is 21.5 Å². The topological polar surface area (TPSA) is 79.2 Å². The number of carbonyl (C=O) groups excluding carboxylic acids is 1. The smallest absolute Gasteiger partial charge is 0.335 e. The number of hydrogen-bond acceptors (Lipinski definition) is 5. The van der Waals surface area contributed by atoms with E-state index in [1.165, 1.54) is 28.8 Å². The molecular weight excluding hydrogens is 531 g/mol. The van der Waals surface area contributed by atoms with Gasteiger partial charge in [-0.1, -0.05) is 40.9 Å². The molecular formula is C25H17Cl3N2O4S. The van der Waals surface area contributed by atoms with Crippen LogP contribution in [0.25, 0.3) is 6.08 Å². The van der Waals surface area contributed by atoms with Crippen LogP contribution in [-0.4, -0.2) is 34.1 Å². The minimum Gasteiger partial charge on any atom is -0.488 e. The summed E-state index contributed by atoms with van der Waals surface area (Å²) in [7, 11) is 1.62. The third-order valence-electron chi connectivity index (χ3n) is 5.00. The number of likely N-dealkylation sites (N-methyl/N-ethyl adjacent to an activating group) is 1. The third kappa shape index (κ3) is 6.00. The van der Waals surface area contributed by atoms with Crippen molar-refractivity contribution in [1.82, 2.24) is 4.90 Å². The number of carboxylic acid groups (broad SMARTS) is 1. The number of aliphatic imine (C=N–C) groups is 1. The average Bonchev–Trinajstić information content (AvgIpc) is 3.07. The lowest BCUT2D eigenvalue weighted by molar-refractivity contribution is -0.121. The molecule has 4 rings (SSSR count). The SMILES string of the molecule is CN1C(=O)/C(=C\c2cc(Cl)ccc2OCc2ccc(Cl)cc2Cl)SC1=Nc1ccc(C(=O)O)cc1. The van der Waals surface area contributed by atoms with Gasteiger partial charge in [0.2, 0.25) is 0 Å². The van der Waals surface area contributed by atoms with Gasteiger partial charge in [0.15, 0.2) is 5.17 Å². The maximum absolute atomic E-state index is 12.9. The molecule has 0 radical (unpaired) electrons. The van der Waals surface area contributed by atoms with Crippen LogP contribution in [0.4, 0.5) is 5.69 Å². The van der Waals surface area contributed by atoms with Gasteiger partial charge < -0.3 is 9.84 Å². The number of aromatic carboxylic acids is 1. The Hall–Kier alpha value is -2.97. The highest BCUT2D eigenvalue weighted by Gasteiger charge is 2.30. The number of nitrogens with zero attached hydrogens (tertiary/aromatic N) is 2. The second kappa shape index (κ2) is 10.7. The number of amides is 1. The fraction of sp³-hybridized carbons (Fsp3) is 0.0800. The van der Waals surface area contributed by atoms with E-state index in [1.54, 1.807) is 61.7 Å². The molecule has 0 atom stereocenters. The van der Waals surface area contributed by atoms with E-state index in [-0.39, 0.29) is 18.1 Å². The van der Waals surface area contributed by atoms with E-state index in [0.717, 1.165) is 5.56 Å². The maximum Gasteiger partial charge on any atom is 0.335 e. The van der Waals surface area contributed by atoms with Crippen molar-refractivity contribution in [1.29, 1.82) is 0 Å². The summed E-state index contributed by atoms with van der Waals surface area (Å²) in [4.78, 5) is 30.3. The largest absolute Gasteiger partial charge is 0.488 e. The van der Waals surface area contributed by atoms with Crippen molar-refractivity contribution in [2.24, 2.45) is 4.99 Å². The Bertz CT molecular complexity index is 1370. The Morgan fingerprint density at radius 3 is 2.43 bits per heavy atom. The first-order valence-corrected chi connectivity index (χ1v) is 12.1. The second-order valence-electron chi connectivity index (χ2n) is 7.43. The fourth-order valence-corrected chi connectivity index (χ4v) is 4.76. The fourth-order valence-electron chi connectivity index (χ4n) is 3.14. The highest BCUT2D eigenvalue weighted by atomic mass is 35.5. The van der Waals surface area contributed by atoms with Crippen molar-refractivity contribution in [2.45, 2.75) is 6.61 Å². The molecule has 1 aliphatic heterocycles. The molecule has 1 fully saturated rings. The first-order valence-electron chi connectivity index (χ1n) is 10.2. The van der Waals surface area contributed by atoms with Crippen LogP contribution in [0.3, 0.4) is 0 Å². The molecule has 0 aliphatic carbocycles. The first kappa shape index (κ1) is 25.1. The molecule has 0 saturated carbocycles. The quantitative estimate of drug-likeness (QED) is 0.331. The summed E-state index contributed by atoms with van der Waals surface area (Å²) >= 11 is 19.6. The molecule has 3 aromatic rings. The summed E-state index contributed by atoms with van der Waals surface area (Å²) in [6.07, 6.45) is 1.70. The van der Waals surface area contributed by atoms with Gasteiger partial charge >= 0.3 is 5.97 Å². The normalized spacial score (nSPS) is 15.8. The molecule has 1 saturated heterocycles. The number of halogens is 3. The van der Waals surface area contributed by atoms with Crippen molar-refractivity contribution in [3.63, 3.8) is 0 Å². The van der Waals surface area contributed by atoms with E-state index in [2.05, 4.69) is 4.99 Å². The maximum atomic E-state index is 12.9. The lowest BCUT2D eigenvalue weighted by atomic mass is 10.1. The van der Waals surface area contributed by atoms with Gasteiger partial charge in [-0.2, -0.15) is 0 Å². The lowest BCUT2D eigenvalue weighted by Gasteiger charge is -2.11. The molecule has 1 N–H and O–H groups in total. The number of carbonyl (C=O) groups is 2. The molecule has 0 aromatic heterocycles. The van der Waals surface area contributed by atoms with E-state index in [1.807, 2.05) is 0 Å². The average molecular weight is 548 g/mol. The number of amidine groups is 1. The van der Waals surface area contributed by atoms with Gasteiger partial charge in [-0.25, -0.2) is 9.79 Å². The highest BCUT2D eigenvalue weighted by Crippen LogP contribution is 2.36. The molecule has 10 heteroatoms. The second-order valence-corrected chi connectivity index (χ2v) is 9.72. The molecule has 1 amide bonds. The number of carboxylic acids is 1. The van der Waals surface area contributed by atoms with Crippen molar-refractivity contribution in [3.05, 3.63) is 97.3 Å². The third-order valence-corrected chi connectivity index (χ3v) is 6.88. The summed E-state index contributed by atoms with van der Waals surface area (Å²) in [6.45, 7) is 0.202. The Balaban J connectivity index is 1.58. The van der Waals surface area contributed by atoms with Gasteiger partial charge in [-0.15, -0.1) is 0 Å². The first-order chi connectivity index (χ1) is 16.7. The molecule has 178 valence electrons. The summed E-state index contributed by atoms with van der Waals surface area (Å²) in [5.74, 6) is -0.726. The Kier molecular flexibility index (Phi) is 7.72. The van der Waals surface area contributed by atoms with E-state index in [9.17, 15) is 9.59 Å². The van der Waals surface area contributed by atoms with Gasteiger partial charge in [-0.3, -0.25) is 9.69 Å². The standard InChI is InChI=1S/C25H17Cl3N2O4S/c1-30-23(31)22(35-25(30)29-19-7-3-14(4-8-19)24(32)33)11-16-10-17(26)6-9-21(16)34-13-15-2-5-18(27)12-20(15)28/h2-12H,13H2,1H3,(H,32,33)/b22-11+,29-25?. The van der Waals surface area contributed by atoms with Crippen molar-refractivity contribution < 1.29 is 19.4 Å². The number of rotatable bonds is 6. The Morgan fingerprint density at radius 1 is 1.06 bits per heavy atom. The number of hydrogen-bond donors (Lipinski definition) is 1. The van der Waals surface area contributed by atoms with Gasteiger partial charge in [-0.05, 0) is 72.4 Å². The zero-order valence-corrected chi connectivity index (χ0v) is 21.3. The van der Waals surface area contributed by atoms with Gasteiger partial charge in [0.05, 0.1) is 16.2 Å². The van der Waals surface area contributed by atoms with E-state index < -0.39 is 5.97 Å². The molecule has 0 bridgehead atoms. The van der Waals surface area contributed by atoms with Crippen LogP contribution in [0.5, 0.6) is 5.75 Å². The zero-order valence-electron chi connectivity index (χ0n) is 18.2. The van der Waals surface area contributed by atoms with Crippen LogP contribution >= 0.6 is 46.6 Å². The minimum atomic E-state index is -1.02. The van der Waals surface area contributed by atoms with Crippen molar-refractivity contribution in [2.75, 3.05) is 7.05 Å². The number of ether oxygens (including phenoxy) is 1. The van der Waals surface area contributed by atoms with Crippen molar-refractivity contribution in [3.8, 4) is 5.75 Å². The Morgan fingerprint density at radius 2 is 1.74 bits per heavy atom. The molecule has 6 nitrogen and oxygen atoms in total. The zero-order chi connectivity index (χ0) is 25.1. The predicted octanol–water partition coefficient (Wildman–Crippen LogP) is 7.16.